The van der Waals surface area contributed by atoms with Crippen LogP contribution in [0, 0.1) is 0 Å². The van der Waals surface area contributed by atoms with Gasteiger partial charge in [-0.05, 0) is 29.3 Å². The van der Waals surface area contributed by atoms with E-state index < -0.39 is 0 Å². The van der Waals surface area contributed by atoms with Gasteiger partial charge in [0, 0.05) is 6.20 Å². The fourth-order valence-corrected chi connectivity index (χ4v) is 3.79. The van der Waals surface area contributed by atoms with Gasteiger partial charge in [-0.3, -0.25) is 9.59 Å². The molecule has 2 N–H and O–H groups in total. The van der Waals surface area contributed by atoms with Crippen molar-refractivity contribution in [3.05, 3.63) is 72.1 Å². The van der Waals surface area contributed by atoms with E-state index in [1.165, 1.54) is 23.9 Å². The number of aromatic nitrogens is 3. The zero-order chi connectivity index (χ0) is 20.1. The number of fused-ring (bicyclic) bond motifs is 1. The molecule has 8 heteroatoms. The second kappa shape index (κ2) is 8.57. The van der Waals surface area contributed by atoms with Gasteiger partial charge in [0.05, 0.1) is 23.2 Å². The third-order valence-electron chi connectivity index (χ3n) is 4.15. The minimum atomic E-state index is -0.353. The van der Waals surface area contributed by atoms with E-state index in [-0.39, 0.29) is 24.8 Å². The minimum Gasteiger partial charge on any atom is -0.347 e. The van der Waals surface area contributed by atoms with Crippen LogP contribution in [0.5, 0.6) is 0 Å². The number of anilines is 1. The van der Waals surface area contributed by atoms with Crippen molar-refractivity contribution in [2.24, 2.45) is 0 Å². The van der Waals surface area contributed by atoms with Crippen molar-refractivity contribution in [3.8, 4) is 11.1 Å². The monoisotopic (exact) mass is 403 g/mol. The third kappa shape index (κ3) is 4.80. The maximum Gasteiger partial charge on any atom is 0.244 e. The van der Waals surface area contributed by atoms with Crippen LogP contribution in [-0.4, -0.2) is 33.3 Å². The second-order valence-corrected chi connectivity index (χ2v) is 7.37. The first-order valence-electron chi connectivity index (χ1n) is 8.95. The SMILES string of the molecule is O=C(Cc1nc2ccc(-c3ccccc3)cc2s1)NCC(=O)Nc1ccncn1. The topological polar surface area (TPSA) is 96.9 Å². The minimum absolute atomic E-state index is 0.126. The van der Waals surface area contributed by atoms with E-state index in [2.05, 4.69) is 43.8 Å². The summed E-state index contributed by atoms with van der Waals surface area (Å²) in [5.74, 6) is -0.223. The first-order chi connectivity index (χ1) is 14.2. The molecule has 2 aromatic heterocycles. The molecule has 144 valence electrons. The maximum absolute atomic E-state index is 12.2. The molecule has 0 bridgehead atoms. The molecule has 7 nitrogen and oxygen atoms in total. The van der Waals surface area contributed by atoms with Crippen molar-refractivity contribution in [3.63, 3.8) is 0 Å². The Balaban J connectivity index is 1.36. The van der Waals surface area contributed by atoms with Gasteiger partial charge in [-0.25, -0.2) is 15.0 Å². The van der Waals surface area contributed by atoms with Gasteiger partial charge in [-0.2, -0.15) is 0 Å². The highest BCUT2D eigenvalue weighted by Crippen LogP contribution is 2.28. The van der Waals surface area contributed by atoms with E-state index in [9.17, 15) is 9.59 Å². The Kier molecular flexibility index (Phi) is 5.53. The van der Waals surface area contributed by atoms with Crippen LogP contribution in [0.25, 0.3) is 21.3 Å². The predicted molar refractivity (Wildman–Crippen MR) is 112 cm³/mol. The molecule has 0 aliphatic heterocycles. The number of nitrogens with one attached hydrogen (secondary N) is 2. The molecule has 4 rings (SSSR count). The lowest BCUT2D eigenvalue weighted by Crippen LogP contribution is -2.33. The number of thiazole rings is 1. The summed E-state index contributed by atoms with van der Waals surface area (Å²) < 4.78 is 1.02. The normalized spacial score (nSPS) is 10.6. The highest BCUT2D eigenvalue weighted by atomic mass is 32.1. The van der Waals surface area contributed by atoms with Gasteiger partial charge >= 0.3 is 0 Å². The molecule has 0 saturated heterocycles. The van der Waals surface area contributed by atoms with Gasteiger partial charge in [-0.15, -0.1) is 11.3 Å². The highest BCUT2D eigenvalue weighted by Gasteiger charge is 2.11. The van der Waals surface area contributed by atoms with Crippen LogP contribution in [-0.2, 0) is 16.0 Å². The number of amides is 2. The molecule has 0 aliphatic carbocycles. The molecule has 0 saturated carbocycles. The van der Waals surface area contributed by atoms with E-state index in [0.29, 0.717) is 10.8 Å². The summed E-state index contributed by atoms with van der Waals surface area (Å²) in [7, 11) is 0. The summed E-state index contributed by atoms with van der Waals surface area (Å²) >= 11 is 1.48. The maximum atomic E-state index is 12.2. The van der Waals surface area contributed by atoms with Crippen molar-refractivity contribution >= 4 is 39.2 Å². The zero-order valence-corrected chi connectivity index (χ0v) is 16.1. The van der Waals surface area contributed by atoms with Crippen molar-refractivity contribution in [2.45, 2.75) is 6.42 Å². The summed E-state index contributed by atoms with van der Waals surface area (Å²) in [6.07, 6.45) is 2.99. The molecular formula is C21H17N5O2S. The number of carbonyl (C=O) groups excluding carboxylic acids is 2. The Hall–Kier alpha value is -3.65. The fraction of sp³-hybridized carbons (Fsp3) is 0.0952. The number of carbonyl (C=O) groups is 2. The quantitative estimate of drug-likeness (QED) is 0.516. The molecule has 2 heterocycles. The average molecular weight is 403 g/mol. The molecule has 4 aromatic rings. The summed E-state index contributed by atoms with van der Waals surface area (Å²) in [4.78, 5) is 36.3. The van der Waals surface area contributed by atoms with Crippen LogP contribution in [0.3, 0.4) is 0 Å². The Bertz CT molecular complexity index is 1150. The van der Waals surface area contributed by atoms with Crippen LogP contribution < -0.4 is 10.6 Å². The molecule has 0 fully saturated rings. The lowest BCUT2D eigenvalue weighted by molar-refractivity contribution is -0.123. The highest BCUT2D eigenvalue weighted by molar-refractivity contribution is 7.18. The number of benzene rings is 2. The van der Waals surface area contributed by atoms with E-state index in [1.807, 2.05) is 30.3 Å². The third-order valence-corrected chi connectivity index (χ3v) is 5.17. The van der Waals surface area contributed by atoms with Gasteiger partial charge in [0.1, 0.15) is 17.2 Å². The lowest BCUT2D eigenvalue weighted by atomic mass is 10.1. The molecule has 2 amide bonds. The summed E-state index contributed by atoms with van der Waals surface area (Å²) in [6, 6.07) is 17.8. The molecule has 0 spiro atoms. The zero-order valence-electron chi connectivity index (χ0n) is 15.3. The van der Waals surface area contributed by atoms with Gasteiger partial charge in [-0.1, -0.05) is 36.4 Å². The Morgan fingerprint density at radius 3 is 2.62 bits per heavy atom. The summed E-state index contributed by atoms with van der Waals surface area (Å²) in [5, 5.41) is 5.90. The van der Waals surface area contributed by atoms with Crippen LogP contribution in [0.4, 0.5) is 5.82 Å². The van der Waals surface area contributed by atoms with Crippen LogP contribution in [0.15, 0.2) is 67.1 Å². The van der Waals surface area contributed by atoms with Crippen molar-refractivity contribution in [2.75, 3.05) is 11.9 Å². The van der Waals surface area contributed by atoms with E-state index in [0.717, 1.165) is 21.3 Å². The van der Waals surface area contributed by atoms with Gasteiger partial charge in [0.2, 0.25) is 11.8 Å². The number of hydrogen-bond acceptors (Lipinski definition) is 6. The van der Waals surface area contributed by atoms with E-state index in [1.54, 1.807) is 6.07 Å². The van der Waals surface area contributed by atoms with Crippen molar-refractivity contribution in [1.29, 1.82) is 0 Å². The predicted octanol–water partition coefficient (Wildman–Crippen LogP) is 3.05. The van der Waals surface area contributed by atoms with Gasteiger partial charge in [0.25, 0.3) is 0 Å². The first-order valence-corrected chi connectivity index (χ1v) is 9.76. The average Bonchev–Trinajstić information content (AvgIpc) is 3.15. The standard InChI is InChI=1S/C21H17N5O2S/c27-19(23-12-20(28)26-18-8-9-22-13-24-18)11-21-25-16-7-6-15(10-17(16)29-21)14-4-2-1-3-5-14/h1-10,13H,11-12H2,(H,23,27)(H,22,24,26,28). The summed E-state index contributed by atoms with van der Waals surface area (Å²) in [5.41, 5.74) is 3.11. The summed E-state index contributed by atoms with van der Waals surface area (Å²) in [6.45, 7) is -0.133. The second-order valence-electron chi connectivity index (χ2n) is 6.25. The number of rotatable bonds is 6. The molecule has 0 radical (unpaired) electrons. The van der Waals surface area contributed by atoms with E-state index >= 15 is 0 Å². The van der Waals surface area contributed by atoms with Gasteiger partial charge < -0.3 is 10.6 Å². The fourth-order valence-electron chi connectivity index (χ4n) is 2.79. The molecule has 0 unspecified atom stereocenters. The Morgan fingerprint density at radius 2 is 1.83 bits per heavy atom. The lowest BCUT2D eigenvalue weighted by Gasteiger charge is -2.05. The molecule has 0 atom stereocenters. The number of nitrogens with zero attached hydrogens (tertiary/aromatic N) is 3. The van der Waals surface area contributed by atoms with Crippen LogP contribution >= 0.6 is 11.3 Å². The first kappa shape index (κ1) is 18.7. The Labute approximate surface area is 170 Å². The number of hydrogen-bond donors (Lipinski definition) is 2. The van der Waals surface area contributed by atoms with Gasteiger partial charge in [0.15, 0.2) is 0 Å². The molecule has 29 heavy (non-hydrogen) atoms. The van der Waals surface area contributed by atoms with Crippen LogP contribution in [0.2, 0.25) is 0 Å². The van der Waals surface area contributed by atoms with Crippen molar-refractivity contribution < 1.29 is 9.59 Å². The largest absolute Gasteiger partial charge is 0.347 e. The molecule has 2 aromatic carbocycles. The smallest absolute Gasteiger partial charge is 0.244 e. The molecular weight excluding hydrogens is 386 g/mol. The van der Waals surface area contributed by atoms with Crippen molar-refractivity contribution in [1.82, 2.24) is 20.3 Å². The van der Waals surface area contributed by atoms with Crippen LogP contribution in [0.1, 0.15) is 5.01 Å². The molecule has 0 aliphatic rings. The van der Waals surface area contributed by atoms with E-state index in [4.69, 9.17) is 0 Å². The Morgan fingerprint density at radius 1 is 0.966 bits per heavy atom.